The number of nitrogens with two attached hydrogens (primary N) is 1. The van der Waals surface area contributed by atoms with Crippen LogP contribution in [0.3, 0.4) is 0 Å². The van der Waals surface area contributed by atoms with Gasteiger partial charge in [-0.3, -0.25) is 14.4 Å². The lowest BCUT2D eigenvalue weighted by molar-refractivity contribution is -0.129. The number of fused-ring (bicyclic) bond motifs is 2. The lowest BCUT2D eigenvalue weighted by atomic mass is 10.1. The topological polar surface area (TPSA) is 128 Å². The van der Waals surface area contributed by atoms with Gasteiger partial charge in [-0.05, 0) is 30.5 Å². The second kappa shape index (κ2) is 8.55. The van der Waals surface area contributed by atoms with E-state index in [4.69, 9.17) is 17.3 Å². The molecule has 2 amide bonds. The highest BCUT2D eigenvalue weighted by Crippen LogP contribution is 2.24. The monoisotopic (exact) mass is 467 g/mol. The van der Waals surface area contributed by atoms with Gasteiger partial charge in [0.1, 0.15) is 12.1 Å². The summed E-state index contributed by atoms with van der Waals surface area (Å²) in [5, 5.41) is 8.16. The van der Waals surface area contributed by atoms with Crippen LogP contribution in [-0.2, 0) is 11.3 Å². The summed E-state index contributed by atoms with van der Waals surface area (Å²) in [6.45, 7) is 1.51. The molecule has 33 heavy (non-hydrogen) atoms. The lowest BCUT2D eigenvalue weighted by Gasteiger charge is -2.22. The molecule has 0 bridgehead atoms. The van der Waals surface area contributed by atoms with Gasteiger partial charge in [-0.1, -0.05) is 23.7 Å². The van der Waals surface area contributed by atoms with Crippen molar-refractivity contribution in [2.24, 2.45) is 0 Å². The zero-order valence-electron chi connectivity index (χ0n) is 18.2. The number of anilines is 1. The largest absolute Gasteiger partial charge is 0.381 e. The van der Waals surface area contributed by atoms with E-state index >= 15 is 0 Å². The van der Waals surface area contributed by atoms with Crippen LogP contribution in [0, 0.1) is 0 Å². The molecule has 4 rings (SSSR count). The molecule has 0 aliphatic carbocycles. The number of halogens is 1. The Morgan fingerprint density at radius 3 is 2.76 bits per heavy atom. The number of rotatable bonds is 5. The molecule has 0 radical (unpaired) electrons. The SMILES string of the molecule is C[C@H](NC(=O)c1c(N)nn2cccnc12)c1cc2cccc(Cl)c2c(=O)n1CC(=O)N(C)C. The minimum atomic E-state index is -0.651. The van der Waals surface area contributed by atoms with Crippen molar-refractivity contribution in [3.05, 3.63) is 69.4 Å². The standard InChI is InChI=1S/C22H22ClN7O3/c1-12(26-21(32)18-19(24)27-30-9-5-8-25-20(18)30)15-10-13-6-4-7-14(23)17(13)22(33)29(15)11-16(31)28(2)3/h4-10,12H,11H2,1-3H3,(H2,24,27)(H,26,32)/t12-/m0/s1. The van der Waals surface area contributed by atoms with Crippen LogP contribution in [0.1, 0.15) is 29.0 Å². The minimum Gasteiger partial charge on any atom is -0.381 e. The number of carbonyl (C=O) groups is 2. The lowest BCUT2D eigenvalue weighted by Crippen LogP contribution is -2.37. The third-order valence-corrected chi connectivity index (χ3v) is 5.67. The first-order valence-corrected chi connectivity index (χ1v) is 10.5. The van der Waals surface area contributed by atoms with Crippen molar-refractivity contribution >= 4 is 45.7 Å². The summed E-state index contributed by atoms with van der Waals surface area (Å²) < 4.78 is 2.75. The molecule has 1 atom stereocenters. The van der Waals surface area contributed by atoms with Crippen LogP contribution in [0.5, 0.6) is 0 Å². The predicted molar refractivity (Wildman–Crippen MR) is 125 cm³/mol. The van der Waals surface area contributed by atoms with Crippen molar-refractivity contribution in [2.45, 2.75) is 19.5 Å². The van der Waals surface area contributed by atoms with Crippen LogP contribution < -0.4 is 16.6 Å². The van der Waals surface area contributed by atoms with Gasteiger partial charge in [0.05, 0.1) is 16.5 Å². The fraction of sp³-hybridized carbons (Fsp3) is 0.227. The summed E-state index contributed by atoms with van der Waals surface area (Å²) in [5.41, 5.74) is 6.43. The predicted octanol–water partition coefficient (Wildman–Crippen LogP) is 1.86. The maximum atomic E-state index is 13.3. The molecule has 0 saturated heterocycles. The number of amides is 2. The maximum Gasteiger partial charge on any atom is 0.260 e. The first-order chi connectivity index (χ1) is 15.7. The summed E-state index contributed by atoms with van der Waals surface area (Å²) in [5.74, 6) is -0.749. The average Bonchev–Trinajstić information content (AvgIpc) is 3.10. The smallest absolute Gasteiger partial charge is 0.260 e. The number of pyridine rings is 1. The Balaban J connectivity index is 1.79. The first-order valence-electron chi connectivity index (χ1n) is 10.1. The number of carbonyl (C=O) groups excluding carboxylic acids is 2. The van der Waals surface area contributed by atoms with Crippen molar-refractivity contribution in [3.63, 3.8) is 0 Å². The summed E-state index contributed by atoms with van der Waals surface area (Å²) in [4.78, 5) is 44.5. The highest BCUT2D eigenvalue weighted by atomic mass is 35.5. The van der Waals surface area contributed by atoms with Crippen molar-refractivity contribution in [2.75, 3.05) is 19.8 Å². The zero-order valence-corrected chi connectivity index (χ0v) is 19.0. The third-order valence-electron chi connectivity index (χ3n) is 5.35. The molecule has 1 aromatic carbocycles. The number of hydrogen-bond acceptors (Lipinski definition) is 6. The van der Waals surface area contributed by atoms with Gasteiger partial charge in [-0.15, -0.1) is 5.10 Å². The molecule has 170 valence electrons. The molecule has 0 aliphatic rings. The van der Waals surface area contributed by atoms with Gasteiger partial charge < -0.3 is 20.5 Å². The second-order valence-electron chi connectivity index (χ2n) is 7.80. The molecule has 0 spiro atoms. The molecular weight excluding hydrogens is 446 g/mol. The Bertz CT molecular complexity index is 1460. The fourth-order valence-corrected chi connectivity index (χ4v) is 3.90. The van der Waals surface area contributed by atoms with Crippen molar-refractivity contribution in [3.8, 4) is 0 Å². The third kappa shape index (κ3) is 4.00. The van der Waals surface area contributed by atoms with Crippen molar-refractivity contribution in [1.82, 2.24) is 29.4 Å². The van der Waals surface area contributed by atoms with E-state index in [0.717, 1.165) is 0 Å². The van der Waals surface area contributed by atoms with E-state index in [1.165, 1.54) is 20.2 Å². The Labute approximate surface area is 193 Å². The number of nitrogen functional groups attached to an aromatic ring is 1. The Hall–Kier alpha value is -3.92. The van der Waals surface area contributed by atoms with Crippen LogP contribution in [0.2, 0.25) is 5.02 Å². The molecule has 3 N–H and O–H groups in total. The Morgan fingerprint density at radius 2 is 2.03 bits per heavy atom. The average molecular weight is 468 g/mol. The minimum absolute atomic E-state index is 0.0314. The molecule has 0 aliphatic heterocycles. The summed E-state index contributed by atoms with van der Waals surface area (Å²) in [6.07, 6.45) is 3.17. The highest BCUT2D eigenvalue weighted by Gasteiger charge is 2.24. The van der Waals surface area contributed by atoms with Gasteiger partial charge in [0.25, 0.3) is 11.5 Å². The van der Waals surface area contributed by atoms with Crippen LogP contribution in [0.25, 0.3) is 16.4 Å². The van der Waals surface area contributed by atoms with Crippen molar-refractivity contribution in [1.29, 1.82) is 0 Å². The van der Waals surface area contributed by atoms with Gasteiger partial charge in [0, 0.05) is 32.2 Å². The summed E-state index contributed by atoms with van der Waals surface area (Å²) in [6, 6.07) is 7.87. The van der Waals surface area contributed by atoms with E-state index < -0.39 is 17.5 Å². The molecular formula is C22H22ClN7O3. The molecule has 4 aromatic rings. The van der Waals surface area contributed by atoms with Gasteiger partial charge >= 0.3 is 0 Å². The van der Waals surface area contributed by atoms with Crippen molar-refractivity contribution < 1.29 is 9.59 Å². The maximum absolute atomic E-state index is 13.3. The van der Waals surface area contributed by atoms with E-state index in [1.54, 1.807) is 57.5 Å². The van der Waals surface area contributed by atoms with E-state index in [-0.39, 0.29) is 28.9 Å². The quantitative estimate of drug-likeness (QED) is 0.461. The van der Waals surface area contributed by atoms with Gasteiger partial charge in [-0.25, -0.2) is 9.50 Å². The molecule has 11 heteroatoms. The number of nitrogens with zero attached hydrogens (tertiary/aromatic N) is 5. The highest BCUT2D eigenvalue weighted by molar-refractivity contribution is 6.35. The van der Waals surface area contributed by atoms with Crippen LogP contribution in [0.4, 0.5) is 5.82 Å². The normalized spacial score (nSPS) is 12.1. The van der Waals surface area contributed by atoms with E-state index in [1.807, 2.05) is 0 Å². The number of hydrogen-bond donors (Lipinski definition) is 2. The zero-order chi connectivity index (χ0) is 23.9. The summed E-state index contributed by atoms with van der Waals surface area (Å²) >= 11 is 6.28. The number of aromatic nitrogens is 4. The number of likely N-dealkylation sites (N-methyl/N-ethyl adjacent to an activating group) is 1. The van der Waals surface area contributed by atoms with E-state index in [2.05, 4.69) is 15.4 Å². The Morgan fingerprint density at radius 1 is 1.27 bits per heavy atom. The van der Waals surface area contributed by atoms with Gasteiger partial charge in [-0.2, -0.15) is 0 Å². The van der Waals surface area contributed by atoms with Crippen LogP contribution in [-0.4, -0.2) is 50.0 Å². The molecule has 0 saturated carbocycles. The number of benzene rings is 1. The molecule has 0 unspecified atom stereocenters. The van der Waals surface area contributed by atoms with E-state index in [0.29, 0.717) is 22.1 Å². The van der Waals surface area contributed by atoms with Crippen LogP contribution in [0.15, 0.2) is 47.5 Å². The number of nitrogens with one attached hydrogen (secondary N) is 1. The van der Waals surface area contributed by atoms with Crippen LogP contribution >= 0.6 is 11.6 Å². The molecule has 0 fully saturated rings. The van der Waals surface area contributed by atoms with E-state index in [9.17, 15) is 14.4 Å². The second-order valence-corrected chi connectivity index (χ2v) is 8.20. The molecule has 10 nitrogen and oxygen atoms in total. The Kier molecular flexibility index (Phi) is 5.77. The van der Waals surface area contributed by atoms with Gasteiger partial charge in [0.2, 0.25) is 5.91 Å². The fourth-order valence-electron chi connectivity index (χ4n) is 3.64. The molecule has 3 heterocycles. The first kappa shape index (κ1) is 22.3. The molecule has 3 aromatic heterocycles. The van der Waals surface area contributed by atoms with Gasteiger partial charge in [0.15, 0.2) is 11.5 Å². The summed E-state index contributed by atoms with van der Waals surface area (Å²) in [7, 11) is 3.21.